The van der Waals surface area contributed by atoms with Crippen molar-refractivity contribution in [2.45, 2.75) is 25.4 Å². The molecule has 142 valence electrons. The van der Waals surface area contributed by atoms with Crippen LogP contribution < -0.4 is 4.90 Å². The van der Waals surface area contributed by atoms with Gasteiger partial charge in [-0.15, -0.1) is 5.10 Å². The predicted molar refractivity (Wildman–Crippen MR) is 107 cm³/mol. The van der Waals surface area contributed by atoms with E-state index in [4.69, 9.17) is 0 Å². The van der Waals surface area contributed by atoms with Crippen LogP contribution in [-0.4, -0.2) is 44.7 Å². The smallest absolute Gasteiger partial charge is 0.231 e. The van der Waals surface area contributed by atoms with Crippen LogP contribution >= 0.6 is 11.8 Å². The number of likely N-dealkylation sites (N-methyl/N-ethyl adjacent to an activating group) is 1. The van der Waals surface area contributed by atoms with Gasteiger partial charge in [0.25, 0.3) is 0 Å². The number of aryl methyl sites for hydroxylation is 2. The second-order valence-corrected chi connectivity index (χ2v) is 7.79. The average Bonchev–Trinajstić information content (AvgIpc) is 3.24. The summed E-state index contributed by atoms with van der Waals surface area (Å²) in [6, 6.07) is 11.5. The van der Waals surface area contributed by atoms with Gasteiger partial charge in [-0.2, -0.15) is 4.68 Å². The molecular formula is C20H19N5O2S. The van der Waals surface area contributed by atoms with E-state index < -0.39 is 0 Å². The molecule has 8 heteroatoms. The molecule has 0 saturated carbocycles. The minimum absolute atomic E-state index is 0.0232. The van der Waals surface area contributed by atoms with Gasteiger partial charge in [0.1, 0.15) is 0 Å². The normalized spacial score (nSPS) is 13.1. The highest BCUT2D eigenvalue weighted by Crippen LogP contribution is 2.29. The van der Waals surface area contributed by atoms with E-state index in [-0.39, 0.29) is 17.4 Å². The summed E-state index contributed by atoms with van der Waals surface area (Å²) in [5, 5.41) is 12.5. The fourth-order valence-corrected chi connectivity index (χ4v) is 4.10. The minimum atomic E-state index is -0.0232. The molecule has 0 aliphatic carbocycles. The molecule has 0 bridgehead atoms. The van der Waals surface area contributed by atoms with E-state index in [2.05, 4.69) is 21.6 Å². The quantitative estimate of drug-likeness (QED) is 0.490. The summed E-state index contributed by atoms with van der Waals surface area (Å²) < 4.78 is 1.66. The summed E-state index contributed by atoms with van der Waals surface area (Å²) in [6.07, 6.45) is 0.338. The van der Waals surface area contributed by atoms with E-state index in [9.17, 15) is 9.59 Å². The van der Waals surface area contributed by atoms with Gasteiger partial charge in [-0.1, -0.05) is 29.5 Å². The second-order valence-electron chi connectivity index (χ2n) is 6.85. The van der Waals surface area contributed by atoms with Gasteiger partial charge in [0.15, 0.2) is 5.78 Å². The highest BCUT2D eigenvalue weighted by Gasteiger charge is 2.25. The Hall–Kier alpha value is -3.00. The highest BCUT2D eigenvalue weighted by atomic mass is 32.2. The van der Waals surface area contributed by atoms with Crippen LogP contribution in [0.4, 0.5) is 5.69 Å². The van der Waals surface area contributed by atoms with Crippen LogP contribution in [0.2, 0.25) is 0 Å². The third kappa shape index (κ3) is 3.31. The largest absolute Gasteiger partial charge is 0.315 e. The summed E-state index contributed by atoms with van der Waals surface area (Å²) in [5.74, 6) is 0.236. The van der Waals surface area contributed by atoms with Gasteiger partial charge >= 0.3 is 0 Å². The molecule has 1 aromatic heterocycles. The Labute approximate surface area is 166 Å². The summed E-state index contributed by atoms with van der Waals surface area (Å²) in [5.41, 5.74) is 5.48. The van der Waals surface area contributed by atoms with Crippen LogP contribution in [0.1, 0.15) is 27.0 Å². The number of hydrogen-bond acceptors (Lipinski definition) is 6. The summed E-state index contributed by atoms with van der Waals surface area (Å²) in [7, 11) is 1.75. The van der Waals surface area contributed by atoms with Crippen molar-refractivity contribution in [1.82, 2.24) is 20.2 Å². The molecule has 0 atom stereocenters. The highest BCUT2D eigenvalue weighted by molar-refractivity contribution is 7.99. The molecule has 1 aliphatic heterocycles. The van der Waals surface area contributed by atoms with Crippen LogP contribution in [0.25, 0.3) is 5.69 Å². The Kier molecular flexibility index (Phi) is 4.72. The number of Topliss-reactive ketones (excluding diaryl/α,β-unsaturated/α-hetero) is 1. The van der Waals surface area contributed by atoms with E-state index in [1.54, 1.807) is 22.7 Å². The summed E-state index contributed by atoms with van der Waals surface area (Å²) in [6.45, 7) is 4.04. The number of tetrazole rings is 1. The second kappa shape index (κ2) is 7.20. The van der Waals surface area contributed by atoms with Gasteiger partial charge in [0.2, 0.25) is 11.1 Å². The first-order chi connectivity index (χ1) is 13.4. The van der Waals surface area contributed by atoms with Crippen LogP contribution in [0.3, 0.4) is 0 Å². The monoisotopic (exact) mass is 393 g/mol. The molecule has 1 amide bonds. The van der Waals surface area contributed by atoms with Crippen molar-refractivity contribution in [2.24, 2.45) is 0 Å². The maximum atomic E-state index is 12.7. The number of carbonyl (C=O) groups is 2. The minimum Gasteiger partial charge on any atom is -0.315 e. The molecule has 0 saturated heterocycles. The lowest BCUT2D eigenvalue weighted by atomic mass is 10.1. The van der Waals surface area contributed by atoms with Crippen LogP contribution in [0.15, 0.2) is 41.6 Å². The van der Waals surface area contributed by atoms with Crippen molar-refractivity contribution in [2.75, 3.05) is 17.7 Å². The van der Waals surface area contributed by atoms with Gasteiger partial charge in [0, 0.05) is 18.3 Å². The number of rotatable bonds is 5. The summed E-state index contributed by atoms with van der Waals surface area (Å²) in [4.78, 5) is 26.1. The first kappa shape index (κ1) is 18.4. The molecular weight excluding hydrogens is 374 g/mol. The van der Waals surface area contributed by atoms with Gasteiger partial charge in [-0.25, -0.2) is 0 Å². The molecule has 1 aliphatic rings. The van der Waals surface area contributed by atoms with E-state index in [0.29, 0.717) is 17.1 Å². The van der Waals surface area contributed by atoms with E-state index in [0.717, 1.165) is 22.5 Å². The number of fused-ring (bicyclic) bond motifs is 1. The number of nitrogens with zero attached hydrogens (tertiary/aromatic N) is 5. The Morgan fingerprint density at radius 3 is 2.71 bits per heavy atom. The first-order valence-corrected chi connectivity index (χ1v) is 9.84. The van der Waals surface area contributed by atoms with E-state index >= 15 is 0 Å². The average molecular weight is 393 g/mol. The Bertz CT molecular complexity index is 1090. The number of aromatic nitrogens is 4. The maximum Gasteiger partial charge on any atom is 0.231 e. The fraction of sp³-hybridized carbons (Fsp3) is 0.250. The number of anilines is 1. The van der Waals surface area contributed by atoms with Crippen LogP contribution in [0, 0.1) is 13.8 Å². The van der Waals surface area contributed by atoms with Gasteiger partial charge in [0.05, 0.1) is 17.9 Å². The van der Waals surface area contributed by atoms with Crippen molar-refractivity contribution in [3.05, 3.63) is 58.7 Å². The number of hydrogen-bond donors (Lipinski definition) is 0. The predicted octanol–water partition coefficient (Wildman–Crippen LogP) is 2.77. The topological polar surface area (TPSA) is 81.0 Å². The molecule has 2 heterocycles. The van der Waals surface area contributed by atoms with Crippen LogP contribution in [-0.2, 0) is 11.2 Å². The molecule has 28 heavy (non-hydrogen) atoms. The SMILES string of the molecule is Cc1ccc(-n2nnnc2SCC(=O)c2ccc3c(c2)CC(=O)N3C)c(C)c1. The van der Waals surface area contributed by atoms with Crippen molar-refractivity contribution < 1.29 is 9.59 Å². The lowest BCUT2D eigenvalue weighted by Crippen LogP contribution is -2.20. The zero-order valence-electron chi connectivity index (χ0n) is 15.8. The standard InChI is InChI=1S/C20H19N5O2S/c1-12-4-6-16(13(2)8-12)25-20(21-22-23-25)28-11-18(26)14-5-7-17-15(9-14)10-19(27)24(17)3/h4-9H,10-11H2,1-3H3. The number of carbonyl (C=O) groups excluding carboxylic acids is 2. The molecule has 0 unspecified atom stereocenters. The molecule has 3 aromatic rings. The number of ketones is 1. The van der Waals surface area contributed by atoms with Gasteiger partial charge < -0.3 is 4.90 Å². The first-order valence-electron chi connectivity index (χ1n) is 8.85. The van der Waals surface area contributed by atoms with Gasteiger partial charge in [-0.05, 0) is 59.7 Å². The molecule has 0 fully saturated rings. The number of benzene rings is 2. The van der Waals surface area contributed by atoms with E-state index in [1.165, 1.54) is 17.3 Å². The van der Waals surface area contributed by atoms with E-state index in [1.807, 2.05) is 38.1 Å². The zero-order valence-corrected chi connectivity index (χ0v) is 16.7. The zero-order chi connectivity index (χ0) is 19.8. The Morgan fingerprint density at radius 1 is 1.14 bits per heavy atom. The molecule has 7 nitrogen and oxygen atoms in total. The maximum absolute atomic E-state index is 12.7. The summed E-state index contributed by atoms with van der Waals surface area (Å²) >= 11 is 1.30. The van der Waals surface area contributed by atoms with Crippen molar-refractivity contribution in [3.8, 4) is 5.69 Å². The van der Waals surface area contributed by atoms with Crippen molar-refractivity contribution >= 4 is 29.1 Å². The molecule has 4 rings (SSSR count). The molecule has 0 spiro atoms. The van der Waals surface area contributed by atoms with Crippen molar-refractivity contribution in [1.29, 1.82) is 0 Å². The van der Waals surface area contributed by atoms with Crippen LogP contribution in [0.5, 0.6) is 0 Å². The van der Waals surface area contributed by atoms with Crippen molar-refractivity contribution in [3.63, 3.8) is 0 Å². The molecule has 2 aromatic carbocycles. The van der Waals surface area contributed by atoms with Gasteiger partial charge in [-0.3, -0.25) is 9.59 Å². The Balaban J connectivity index is 1.50. The number of thioether (sulfide) groups is 1. The fourth-order valence-electron chi connectivity index (χ4n) is 3.32. The third-order valence-electron chi connectivity index (χ3n) is 4.83. The molecule has 0 N–H and O–H groups in total. The third-order valence-corrected chi connectivity index (χ3v) is 5.75. The lowest BCUT2D eigenvalue weighted by Gasteiger charge is -2.10. The Morgan fingerprint density at radius 2 is 1.93 bits per heavy atom. The molecule has 0 radical (unpaired) electrons. The number of amides is 1. The lowest BCUT2D eigenvalue weighted by molar-refractivity contribution is -0.117.